The summed E-state index contributed by atoms with van der Waals surface area (Å²) >= 11 is 6.19. The molecule has 0 aliphatic rings. The molecule has 0 radical (unpaired) electrons. The van der Waals surface area contributed by atoms with Gasteiger partial charge in [-0.25, -0.2) is 0 Å². The van der Waals surface area contributed by atoms with Crippen molar-refractivity contribution >= 4 is 17.5 Å². The second kappa shape index (κ2) is 8.76. The fourth-order valence-corrected chi connectivity index (χ4v) is 3.42. The van der Waals surface area contributed by atoms with Crippen molar-refractivity contribution in [2.24, 2.45) is 0 Å². The van der Waals surface area contributed by atoms with Crippen molar-refractivity contribution in [1.29, 1.82) is 0 Å². The van der Waals surface area contributed by atoms with Crippen LogP contribution in [0.3, 0.4) is 0 Å². The van der Waals surface area contributed by atoms with Gasteiger partial charge in [0, 0.05) is 29.5 Å². The van der Waals surface area contributed by atoms with E-state index in [0.717, 1.165) is 22.3 Å². The van der Waals surface area contributed by atoms with Gasteiger partial charge in [-0.3, -0.25) is 9.48 Å². The zero-order valence-corrected chi connectivity index (χ0v) is 16.5. The summed E-state index contributed by atoms with van der Waals surface area (Å²) in [5, 5.41) is 7.85. The average molecular weight is 402 g/mol. The van der Waals surface area contributed by atoms with Gasteiger partial charge in [-0.1, -0.05) is 72.3 Å². The maximum atomic E-state index is 12.8. The van der Waals surface area contributed by atoms with E-state index in [4.69, 9.17) is 11.6 Å². The Morgan fingerprint density at radius 2 is 1.69 bits per heavy atom. The number of amides is 1. The van der Waals surface area contributed by atoms with Crippen LogP contribution in [-0.2, 0) is 13.1 Å². The molecule has 1 aromatic heterocycles. The maximum absolute atomic E-state index is 12.8. The van der Waals surface area contributed by atoms with Crippen LogP contribution in [0.2, 0.25) is 5.02 Å². The quantitative estimate of drug-likeness (QED) is 0.483. The van der Waals surface area contributed by atoms with Crippen LogP contribution >= 0.6 is 11.6 Å². The minimum atomic E-state index is -0.124. The van der Waals surface area contributed by atoms with Gasteiger partial charge in [0.1, 0.15) is 0 Å². The minimum Gasteiger partial charge on any atom is -0.348 e. The molecule has 0 aliphatic heterocycles. The van der Waals surface area contributed by atoms with E-state index in [9.17, 15) is 4.79 Å². The summed E-state index contributed by atoms with van der Waals surface area (Å²) in [6.07, 6.45) is 3.71. The monoisotopic (exact) mass is 401 g/mol. The van der Waals surface area contributed by atoms with E-state index < -0.39 is 0 Å². The van der Waals surface area contributed by atoms with Crippen LogP contribution in [0.1, 0.15) is 21.5 Å². The smallest absolute Gasteiger partial charge is 0.252 e. The van der Waals surface area contributed by atoms with E-state index in [-0.39, 0.29) is 5.91 Å². The van der Waals surface area contributed by atoms with E-state index in [1.54, 1.807) is 6.20 Å². The Morgan fingerprint density at radius 3 is 2.45 bits per heavy atom. The van der Waals surface area contributed by atoms with E-state index >= 15 is 0 Å². The van der Waals surface area contributed by atoms with Crippen molar-refractivity contribution in [3.8, 4) is 11.1 Å². The predicted octanol–water partition coefficient (Wildman–Crippen LogP) is 5.18. The second-order valence-electron chi connectivity index (χ2n) is 6.72. The summed E-state index contributed by atoms with van der Waals surface area (Å²) in [6.45, 7) is 1.10. The second-order valence-corrected chi connectivity index (χ2v) is 7.13. The molecular formula is C24H20ClN3O. The summed E-state index contributed by atoms with van der Waals surface area (Å²) in [6, 6.07) is 25.3. The number of carbonyl (C=O) groups is 1. The molecule has 0 atom stereocenters. The molecule has 3 aromatic carbocycles. The van der Waals surface area contributed by atoms with Crippen LogP contribution in [0.4, 0.5) is 0 Å². The number of nitrogens with zero attached hydrogens (tertiary/aromatic N) is 2. The van der Waals surface area contributed by atoms with Gasteiger partial charge in [-0.2, -0.15) is 5.10 Å². The summed E-state index contributed by atoms with van der Waals surface area (Å²) in [7, 11) is 0. The molecule has 0 spiro atoms. The molecule has 0 aliphatic carbocycles. The van der Waals surface area contributed by atoms with Gasteiger partial charge in [0.05, 0.1) is 6.54 Å². The van der Waals surface area contributed by atoms with Crippen molar-refractivity contribution < 1.29 is 4.79 Å². The van der Waals surface area contributed by atoms with Crippen molar-refractivity contribution in [2.45, 2.75) is 13.1 Å². The lowest BCUT2D eigenvalue weighted by Gasteiger charge is -2.12. The third kappa shape index (κ3) is 4.55. The van der Waals surface area contributed by atoms with Crippen LogP contribution in [-0.4, -0.2) is 15.7 Å². The van der Waals surface area contributed by atoms with Crippen molar-refractivity contribution in [3.63, 3.8) is 0 Å². The minimum absolute atomic E-state index is 0.124. The predicted molar refractivity (Wildman–Crippen MR) is 116 cm³/mol. The Labute approximate surface area is 174 Å². The zero-order valence-electron chi connectivity index (χ0n) is 15.8. The molecule has 1 amide bonds. The maximum Gasteiger partial charge on any atom is 0.252 e. The number of hydrogen-bond donors (Lipinski definition) is 1. The standard InChI is InChI=1S/C24H20ClN3O/c25-23-9-4-1-6-20(23)16-26-24(29)22-8-3-2-7-21(22)19-12-10-18(11-13-19)17-28-15-5-14-27-28/h1-15H,16-17H2,(H,26,29). The summed E-state index contributed by atoms with van der Waals surface area (Å²) in [4.78, 5) is 12.8. The number of nitrogens with one attached hydrogen (secondary N) is 1. The van der Waals surface area contributed by atoms with E-state index in [1.165, 1.54) is 0 Å². The van der Waals surface area contributed by atoms with Gasteiger partial charge in [0.2, 0.25) is 0 Å². The summed E-state index contributed by atoms with van der Waals surface area (Å²) in [5.41, 5.74) is 4.58. The molecule has 5 heteroatoms. The molecule has 4 nitrogen and oxygen atoms in total. The first kappa shape index (κ1) is 19.0. The van der Waals surface area contributed by atoms with Gasteiger partial charge < -0.3 is 5.32 Å². The van der Waals surface area contributed by atoms with Crippen LogP contribution < -0.4 is 5.32 Å². The highest BCUT2D eigenvalue weighted by Gasteiger charge is 2.13. The van der Waals surface area contributed by atoms with E-state index in [2.05, 4.69) is 22.5 Å². The third-order valence-electron chi connectivity index (χ3n) is 4.74. The fraction of sp³-hybridized carbons (Fsp3) is 0.0833. The number of hydrogen-bond acceptors (Lipinski definition) is 2. The Hall–Kier alpha value is -3.37. The lowest BCUT2D eigenvalue weighted by Crippen LogP contribution is -2.23. The molecular weight excluding hydrogens is 382 g/mol. The van der Waals surface area contributed by atoms with E-state index in [1.807, 2.05) is 77.6 Å². The Morgan fingerprint density at radius 1 is 0.931 bits per heavy atom. The molecule has 29 heavy (non-hydrogen) atoms. The Kier molecular flexibility index (Phi) is 5.73. The highest BCUT2D eigenvalue weighted by Crippen LogP contribution is 2.24. The molecule has 0 saturated heterocycles. The van der Waals surface area contributed by atoms with Crippen LogP contribution in [0.25, 0.3) is 11.1 Å². The molecule has 1 N–H and O–H groups in total. The normalized spacial score (nSPS) is 10.7. The van der Waals surface area contributed by atoms with Crippen LogP contribution in [0.5, 0.6) is 0 Å². The van der Waals surface area contributed by atoms with Crippen LogP contribution in [0, 0.1) is 0 Å². The third-order valence-corrected chi connectivity index (χ3v) is 5.11. The number of rotatable bonds is 6. The first-order valence-corrected chi connectivity index (χ1v) is 9.76. The molecule has 4 aromatic rings. The van der Waals surface area contributed by atoms with Gasteiger partial charge in [0.15, 0.2) is 0 Å². The topological polar surface area (TPSA) is 46.9 Å². The molecule has 0 fully saturated rings. The van der Waals surface area contributed by atoms with Gasteiger partial charge >= 0.3 is 0 Å². The number of aromatic nitrogens is 2. The highest BCUT2D eigenvalue weighted by molar-refractivity contribution is 6.31. The molecule has 0 saturated carbocycles. The number of halogens is 1. The molecule has 4 rings (SSSR count). The molecule has 144 valence electrons. The lowest BCUT2D eigenvalue weighted by molar-refractivity contribution is 0.0951. The zero-order chi connectivity index (χ0) is 20.1. The van der Waals surface area contributed by atoms with Gasteiger partial charge in [-0.15, -0.1) is 0 Å². The van der Waals surface area contributed by atoms with Gasteiger partial charge in [-0.05, 0) is 40.5 Å². The SMILES string of the molecule is O=C(NCc1ccccc1Cl)c1ccccc1-c1ccc(Cn2cccn2)cc1. The largest absolute Gasteiger partial charge is 0.348 e. The fourth-order valence-electron chi connectivity index (χ4n) is 3.22. The first-order chi connectivity index (χ1) is 14.2. The summed E-state index contributed by atoms with van der Waals surface area (Å²) < 4.78 is 1.88. The molecule has 0 bridgehead atoms. The van der Waals surface area contributed by atoms with Crippen molar-refractivity contribution in [2.75, 3.05) is 0 Å². The molecule has 1 heterocycles. The van der Waals surface area contributed by atoms with E-state index in [0.29, 0.717) is 23.7 Å². The van der Waals surface area contributed by atoms with Crippen molar-refractivity contribution in [3.05, 3.63) is 113 Å². The lowest BCUT2D eigenvalue weighted by atomic mass is 9.98. The van der Waals surface area contributed by atoms with Gasteiger partial charge in [0.25, 0.3) is 5.91 Å². The average Bonchev–Trinajstić information content (AvgIpc) is 3.27. The highest BCUT2D eigenvalue weighted by atomic mass is 35.5. The Balaban J connectivity index is 1.51. The number of benzene rings is 3. The van der Waals surface area contributed by atoms with Crippen LogP contribution in [0.15, 0.2) is 91.3 Å². The number of carbonyl (C=O) groups excluding carboxylic acids is 1. The Bertz CT molecular complexity index is 1110. The summed E-state index contributed by atoms with van der Waals surface area (Å²) in [5.74, 6) is -0.124. The van der Waals surface area contributed by atoms with Crippen molar-refractivity contribution in [1.82, 2.24) is 15.1 Å². The molecule has 0 unspecified atom stereocenters. The first-order valence-electron chi connectivity index (χ1n) is 9.38.